The molecule has 3 heterocycles. The van der Waals surface area contributed by atoms with E-state index >= 15 is 0 Å². The molecule has 3 aliphatic heterocycles. The second-order valence-electron chi connectivity index (χ2n) is 6.64. The first kappa shape index (κ1) is 16.7. The Kier molecular flexibility index (Phi) is 5.17. The van der Waals surface area contributed by atoms with E-state index in [2.05, 4.69) is 30.8 Å². The van der Waals surface area contributed by atoms with Crippen molar-refractivity contribution in [2.24, 2.45) is 0 Å². The Labute approximate surface area is 138 Å². The van der Waals surface area contributed by atoms with Crippen molar-refractivity contribution >= 4 is 6.08 Å². The molecule has 3 fully saturated rings. The molecule has 0 N–H and O–H groups in total. The fraction of sp³-hybridized carbons (Fsp3) is 0.579. The van der Waals surface area contributed by atoms with Crippen LogP contribution in [-0.4, -0.2) is 44.4 Å². The molecular formula is C19H26O4. The summed E-state index contributed by atoms with van der Waals surface area (Å²) >= 11 is 0. The minimum absolute atomic E-state index is 0.404. The van der Waals surface area contributed by atoms with Gasteiger partial charge in [0.2, 0.25) is 0 Å². The zero-order valence-corrected chi connectivity index (χ0v) is 13.9. The van der Waals surface area contributed by atoms with Crippen molar-refractivity contribution in [3.05, 3.63) is 42.0 Å². The van der Waals surface area contributed by atoms with Crippen molar-refractivity contribution in [3.8, 4) is 0 Å². The van der Waals surface area contributed by atoms with E-state index in [4.69, 9.17) is 18.9 Å². The summed E-state index contributed by atoms with van der Waals surface area (Å²) in [7, 11) is 0. The fourth-order valence-corrected chi connectivity index (χ4v) is 2.84. The molecule has 3 aliphatic rings. The summed E-state index contributed by atoms with van der Waals surface area (Å²) in [5.74, 6) is -0.553. The molecule has 1 aromatic rings. The normalized spacial score (nSPS) is 29.6. The van der Waals surface area contributed by atoms with E-state index in [-0.39, 0.29) is 0 Å². The van der Waals surface area contributed by atoms with Crippen LogP contribution < -0.4 is 0 Å². The zero-order valence-electron chi connectivity index (χ0n) is 13.9. The van der Waals surface area contributed by atoms with Crippen molar-refractivity contribution in [2.75, 3.05) is 33.0 Å². The monoisotopic (exact) mass is 318 g/mol. The van der Waals surface area contributed by atoms with Crippen LogP contribution in [-0.2, 0) is 25.4 Å². The van der Waals surface area contributed by atoms with Crippen LogP contribution in [0.15, 0.2) is 30.8 Å². The quantitative estimate of drug-likeness (QED) is 0.690. The predicted molar refractivity (Wildman–Crippen MR) is 89.3 cm³/mol. The summed E-state index contributed by atoms with van der Waals surface area (Å²) in [6.45, 7) is 8.56. The van der Waals surface area contributed by atoms with E-state index in [1.807, 2.05) is 13.0 Å². The number of aryl methyl sites for hydroxylation is 1. The lowest BCUT2D eigenvalue weighted by molar-refractivity contribution is -0.395. The first-order valence-corrected chi connectivity index (χ1v) is 8.34. The largest absolute Gasteiger partial charge is 0.378 e. The van der Waals surface area contributed by atoms with E-state index in [1.165, 1.54) is 5.56 Å². The Bertz CT molecular complexity index is 498. The highest BCUT2D eigenvalue weighted by atomic mass is 16.8. The van der Waals surface area contributed by atoms with Crippen LogP contribution in [0.3, 0.4) is 0 Å². The molecular weight excluding hydrogens is 292 g/mol. The number of hydrogen-bond acceptors (Lipinski definition) is 4. The summed E-state index contributed by atoms with van der Waals surface area (Å²) in [5.41, 5.74) is 2.12. The number of unbranched alkanes of at least 4 members (excludes halogenated alkanes) is 1. The van der Waals surface area contributed by atoms with E-state index < -0.39 is 11.4 Å². The zero-order chi connectivity index (χ0) is 16.2. The molecule has 126 valence electrons. The van der Waals surface area contributed by atoms with Gasteiger partial charge in [-0.2, -0.15) is 0 Å². The third-order valence-corrected chi connectivity index (χ3v) is 4.51. The SMILES string of the molecule is C=Cc1ccc(CCCCOCC23COC(C)(CO2)OC3)cc1. The third kappa shape index (κ3) is 4.21. The molecule has 0 radical (unpaired) electrons. The number of rotatable bonds is 8. The lowest BCUT2D eigenvalue weighted by Gasteiger charge is -2.50. The lowest BCUT2D eigenvalue weighted by atomic mass is 10.0. The van der Waals surface area contributed by atoms with Gasteiger partial charge in [-0.3, -0.25) is 0 Å². The third-order valence-electron chi connectivity index (χ3n) is 4.51. The average Bonchev–Trinajstić information content (AvgIpc) is 2.60. The second-order valence-corrected chi connectivity index (χ2v) is 6.64. The maximum absolute atomic E-state index is 5.88. The number of fused-ring (bicyclic) bond motifs is 3. The van der Waals surface area contributed by atoms with Gasteiger partial charge in [-0.05, 0) is 37.3 Å². The molecule has 2 bridgehead atoms. The first-order chi connectivity index (χ1) is 11.1. The van der Waals surface area contributed by atoms with Crippen molar-refractivity contribution in [1.82, 2.24) is 0 Å². The second kappa shape index (κ2) is 7.14. The van der Waals surface area contributed by atoms with Gasteiger partial charge in [-0.1, -0.05) is 36.9 Å². The molecule has 4 heteroatoms. The molecule has 23 heavy (non-hydrogen) atoms. The van der Waals surface area contributed by atoms with E-state index in [0.29, 0.717) is 26.4 Å². The highest BCUT2D eigenvalue weighted by Gasteiger charge is 2.50. The lowest BCUT2D eigenvalue weighted by Crippen LogP contribution is -2.64. The molecule has 4 nitrogen and oxygen atoms in total. The Morgan fingerprint density at radius 2 is 1.83 bits per heavy atom. The molecule has 4 rings (SSSR count). The molecule has 3 saturated heterocycles. The van der Waals surface area contributed by atoms with Crippen LogP contribution >= 0.6 is 0 Å². The summed E-state index contributed by atoms with van der Waals surface area (Å²) in [6, 6.07) is 8.55. The van der Waals surface area contributed by atoms with Gasteiger partial charge in [0.25, 0.3) is 0 Å². The summed E-state index contributed by atoms with van der Waals surface area (Å²) in [4.78, 5) is 0. The number of hydrogen-bond donors (Lipinski definition) is 0. The molecule has 0 saturated carbocycles. The van der Waals surface area contributed by atoms with E-state index in [0.717, 1.165) is 31.4 Å². The maximum Gasteiger partial charge on any atom is 0.189 e. The molecule has 0 spiro atoms. The molecule has 0 aromatic heterocycles. The number of benzene rings is 1. The first-order valence-electron chi connectivity index (χ1n) is 8.34. The van der Waals surface area contributed by atoms with Crippen LogP contribution in [0, 0.1) is 0 Å². The van der Waals surface area contributed by atoms with Crippen LogP contribution in [0.4, 0.5) is 0 Å². The Morgan fingerprint density at radius 1 is 1.09 bits per heavy atom. The molecule has 0 amide bonds. The molecule has 1 aromatic carbocycles. The summed E-state index contributed by atoms with van der Waals surface area (Å²) in [5, 5.41) is 0. The highest BCUT2D eigenvalue weighted by molar-refractivity contribution is 5.47. The van der Waals surface area contributed by atoms with Crippen LogP contribution in [0.5, 0.6) is 0 Å². The average molecular weight is 318 g/mol. The van der Waals surface area contributed by atoms with Gasteiger partial charge in [0.1, 0.15) is 12.2 Å². The maximum atomic E-state index is 5.88. The van der Waals surface area contributed by atoms with Crippen LogP contribution in [0.2, 0.25) is 0 Å². The standard InChI is InChI=1S/C19H26O4/c1-3-16-7-9-17(10-8-16)6-4-5-11-20-13-19-14-21-18(2,12-23-19)22-15-19/h3,7-10H,1,4-6,11-15H2,2H3. The Hall–Kier alpha value is -1.20. The minimum atomic E-state index is -0.553. The van der Waals surface area contributed by atoms with Crippen molar-refractivity contribution < 1.29 is 18.9 Å². The van der Waals surface area contributed by atoms with E-state index in [1.54, 1.807) is 0 Å². The number of ether oxygens (including phenoxy) is 4. The van der Waals surface area contributed by atoms with Gasteiger partial charge < -0.3 is 18.9 Å². The predicted octanol–water partition coefficient (Wildman–Crippen LogP) is 3.20. The van der Waals surface area contributed by atoms with Gasteiger partial charge in [-0.25, -0.2) is 0 Å². The van der Waals surface area contributed by atoms with Gasteiger partial charge in [-0.15, -0.1) is 0 Å². The van der Waals surface area contributed by atoms with Gasteiger partial charge in [0, 0.05) is 6.61 Å². The fourth-order valence-electron chi connectivity index (χ4n) is 2.84. The van der Waals surface area contributed by atoms with Crippen molar-refractivity contribution in [3.63, 3.8) is 0 Å². The van der Waals surface area contributed by atoms with E-state index in [9.17, 15) is 0 Å². The molecule has 0 aliphatic carbocycles. The van der Waals surface area contributed by atoms with Crippen molar-refractivity contribution in [2.45, 2.75) is 37.6 Å². The molecule has 0 unspecified atom stereocenters. The smallest absolute Gasteiger partial charge is 0.189 e. The Morgan fingerprint density at radius 3 is 2.43 bits per heavy atom. The van der Waals surface area contributed by atoms with Gasteiger partial charge in [0.05, 0.1) is 19.8 Å². The van der Waals surface area contributed by atoms with Crippen molar-refractivity contribution in [1.29, 1.82) is 0 Å². The summed E-state index contributed by atoms with van der Waals surface area (Å²) in [6.07, 6.45) is 5.10. The summed E-state index contributed by atoms with van der Waals surface area (Å²) < 4.78 is 23.1. The van der Waals surface area contributed by atoms with Crippen LogP contribution in [0.1, 0.15) is 30.9 Å². The minimum Gasteiger partial charge on any atom is -0.378 e. The Balaban J connectivity index is 1.30. The van der Waals surface area contributed by atoms with Gasteiger partial charge in [0.15, 0.2) is 5.79 Å². The molecule has 0 atom stereocenters. The topological polar surface area (TPSA) is 36.9 Å². The van der Waals surface area contributed by atoms with Crippen LogP contribution in [0.25, 0.3) is 6.08 Å². The van der Waals surface area contributed by atoms with Gasteiger partial charge >= 0.3 is 0 Å². The highest BCUT2D eigenvalue weighted by Crippen LogP contribution is 2.34.